The molecule has 1 aromatic heterocycles. The Bertz CT molecular complexity index is 1160. The molecule has 0 fully saturated rings. The molecule has 6 heteroatoms. The van der Waals surface area contributed by atoms with Crippen LogP contribution in [0.1, 0.15) is 60.8 Å². The van der Waals surface area contributed by atoms with E-state index >= 15 is 0 Å². The minimum atomic E-state index is -0.740. The van der Waals surface area contributed by atoms with Crippen LogP contribution >= 0.6 is 0 Å². The third-order valence-electron chi connectivity index (χ3n) is 6.79. The number of aromatic nitrogens is 1. The number of anilines is 1. The number of hydrogen-bond acceptors (Lipinski definition) is 5. The molecule has 3 aromatic rings. The number of carbonyl (C=O) groups is 1. The largest absolute Gasteiger partial charge is 0.493 e. The number of carboxylic acid groups (broad SMARTS) is 1. The number of oxazole rings is 1. The van der Waals surface area contributed by atoms with Crippen molar-refractivity contribution in [3.05, 3.63) is 64.5 Å². The Kier molecular flexibility index (Phi) is 7.25. The maximum Gasteiger partial charge on any atom is 0.303 e. The van der Waals surface area contributed by atoms with Gasteiger partial charge in [-0.25, -0.2) is 4.98 Å². The topological polar surface area (TPSA) is 75.8 Å². The van der Waals surface area contributed by atoms with Crippen LogP contribution in [0.25, 0.3) is 11.5 Å². The van der Waals surface area contributed by atoms with Crippen LogP contribution in [0.4, 0.5) is 5.69 Å². The minimum Gasteiger partial charge on any atom is -0.493 e. The molecule has 0 saturated heterocycles. The fourth-order valence-electron chi connectivity index (χ4n) is 4.95. The summed E-state index contributed by atoms with van der Waals surface area (Å²) in [6.45, 7) is 10.9. The van der Waals surface area contributed by atoms with E-state index < -0.39 is 5.97 Å². The minimum absolute atomic E-state index is 0.113. The first-order valence-electron chi connectivity index (χ1n) is 12.2. The van der Waals surface area contributed by atoms with Crippen molar-refractivity contribution in [1.82, 2.24) is 4.98 Å². The zero-order valence-electron chi connectivity index (χ0n) is 20.6. The third-order valence-corrected chi connectivity index (χ3v) is 6.79. The average molecular weight is 463 g/mol. The highest BCUT2D eigenvalue weighted by atomic mass is 16.5. The molecule has 1 aliphatic carbocycles. The molecule has 0 spiro atoms. The van der Waals surface area contributed by atoms with Gasteiger partial charge in [0.25, 0.3) is 0 Å². The first-order valence-corrected chi connectivity index (χ1v) is 12.2. The standard InChI is InChI=1S/C28H34N2O4/c1-5-30(6-2)26-12-9-22(15-18(26)3)28-29-25(19(4)34-28)13-14-33-23-10-11-24-20(16-23)7-8-21(24)17-27(31)32/h9-12,15-16,21H,5-8,13-14,17H2,1-4H3,(H,31,32)/t21-/m0/s1. The normalized spacial score (nSPS) is 14.8. The molecule has 1 aliphatic rings. The molecular weight excluding hydrogens is 428 g/mol. The maximum atomic E-state index is 11.1. The monoisotopic (exact) mass is 462 g/mol. The molecule has 0 amide bonds. The average Bonchev–Trinajstić information content (AvgIpc) is 3.38. The van der Waals surface area contributed by atoms with Gasteiger partial charge in [0, 0.05) is 30.8 Å². The van der Waals surface area contributed by atoms with E-state index in [4.69, 9.17) is 19.2 Å². The lowest BCUT2D eigenvalue weighted by Crippen LogP contribution is -2.22. The summed E-state index contributed by atoms with van der Waals surface area (Å²) in [6.07, 6.45) is 2.65. The second-order valence-electron chi connectivity index (χ2n) is 8.99. The number of aryl methyl sites for hydroxylation is 3. The van der Waals surface area contributed by atoms with Crippen LogP contribution < -0.4 is 9.64 Å². The van der Waals surface area contributed by atoms with Crippen LogP contribution in [0.5, 0.6) is 5.75 Å². The zero-order chi connectivity index (χ0) is 24.2. The van der Waals surface area contributed by atoms with Gasteiger partial charge in [-0.3, -0.25) is 4.79 Å². The Balaban J connectivity index is 1.39. The molecule has 0 aliphatic heterocycles. The van der Waals surface area contributed by atoms with Crippen molar-refractivity contribution in [1.29, 1.82) is 0 Å². The van der Waals surface area contributed by atoms with E-state index in [1.165, 1.54) is 16.8 Å². The number of fused-ring (bicyclic) bond motifs is 1. The third kappa shape index (κ3) is 5.11. The lowest BCUT2D eigenvalue weighted by Gasteiger charge is -2.23. The Hall–Kier alpha value is -3.28. The van der Waals surface area contributed by atoms with Crippen LogP contribution in [-0.2, 0) is 17.6 Å². The molecule has 180 valence electrons. The predicted octanol–water partition coefficient (Wildman–Crippen LogP) is 5.93. The Morgan fingerprint density at radius 3 is 2.68 bits per heavy atom. The number of hydrogen-bond donors (Lipinski definition) is 1. The fourth-order valence-corrected chi connectivity index (χ4v) is 4.95. The SMILES string of the molecule is CCN(CC)c1ccc(-c2nc(CCOc3ccc4c(c3)CC[C@H]4CC(=O)O)c(C)o2)cc1C. The number of carboxylic acids is 1. The van der Waals surface area contributed by atoms with Gasteiger partial charge in [-0.15, -0.1) is 0 Å². The molecule has 1 atom stereocenters. The molecule has 4 rings (SSSR count). The molecule has 6 nitrogen and oxygen atoms in total. The summed E-state index contributed by atoms with van der Waals surface area (Å²) < 4.78 is 12.0. The number of rotatable bonds is 10. The Morgan fingerprint density at radius 1 is 1.18 bits per heavy atom. The molecule has 34 heavy (non-hydrogen) atoms. The summed E-state index contributed by atoms with van der Waals surface area (Å²) in [5, 5.41) is 9.10. The summed E-state index contributed by atoms with van der Waals surface area (Å²) in [5.74, 6) is 1.65. The van der Waals surface area contributed by atoms with Crippen LogP contribution in [0, 0.1) is 13.8 Å². The number of nitrogens with zero attached hydrogens (tertiary/aromatic N) is 2. The quantitative estimate of drug-likeness (QED) is 0.402. The molecule has 2 aromatic carbocycles. The Labute approximate surface area is 201 Å². The smallest absolute Gasteiger partial charge is 0.303 e. The predicted molar refractivity (Wildman–Crippen MR) is 134 cm³/mol. The van der Waals surface area contributed by atoms with E-state index in [9.17, 15) is 4.79 Å². The van der Waals surface area contributed by atoms with Gasteiger partial charge in [0.1, 0.15) is 11.5 Å². The van der Waals surface area contributed by atoms with Gasteiger partial charge in [-0.2, -0.15) is 0 Å². The van der Waals surface area contributed by atoms with E-state index in [-0.39, 0.29) is 12.3 Å². The van der Waals surface area contributed by atoms with Gasteiger partial charge in [0.05, 0.1) is 18.7 Å². The molecule has 0 radical (unpaired) electrons. The molecule has 1 heterocycles. The van der Waals surface area contributed by atoms with Crippen molar-refractivity contribution in [2.24, 2.45) is 0 Å². The van der Waals surface area contributed by atoms with Gasteiger partial charge in [0.15, 0.2) is 0 Å². The first kappa shape index (κ1) is 23.9. The highest BCUT2D eigenvalue weighted by Gasteiger charge is 2.25. The van der Waals surface area contributed by atoms with E-state index in [2.05, 4.69) is 49.9 Å². The fraction of sp³-hybridized carbons (Fsp3) is 0.429. The van der Waals surface area contributed by atoms with Crippen LogP contribution in [0.15, 0.2) is 40.8 Å². The summed E-state index contributed by atoms with van der Waals surface area (Å²) in [5.41, 5.74) is 6.70. The van der Waals surface area contributed by atoms with Crippen molar-refractivity contribution in [2.75, 3.05) is 24.6 Å². The second-order valence-corrected chi connectivity index (χ2v) is 8.99. The van der Waals surface area contributed by atoms with E-state index in [0.717, 1.165) is 54.3 Å². The van der Waals surface area contributed by atoms with Gasteiger partial charge >= 0.3 is 5.97 Å². The lowest BCUT2D eigenvalue weighted by atomic mass is 9.98. The molecule has 0 bridgehead atoms. The zero-order valence-corrected chi connectivity index (χ0v) is 20.6. The highest BCUT2D eigenvalue weighted by Crippen LogP contribution is 2.37. The first-order chi connectivity index (χ1) is 16.4. The van der Waals surface area contributed by atoms with Crippen LogP contribution in [0.2, 0.25) is 0 Å². The second kappa shape index (κ2) is 10.3. The summed E-state index contributed by atoms with van der Waals surface area (Å²) >= 11 is 0. The van der Waals surface area contributed by atoms with Crippen molar-refractivity contribution in [2.45, 2.75) is 59.3 Å². The van der Waals surface area contributed by atoms with Gasteiger partial charge in [-0.1, -0.05) is 6.07 Å². The van der Waals surface area contributed by atoms with Gasteiger partial charge in [-0.05, 0) is 93.5 Å². The molecule has 0 saturated carbocycles. The van der Waals surface area contributed by atoms with Crippen molar-refractivity contribution < 1.29 is 19.1 Å². The van der Waals surface area contributed by atoms with E-state index in [1.807, 2.05) is 19.1 Å². The van der Waals surface area contributed by atoms with Gasteiger partial charge in [0.2, 0.25) is 5.89 Å². The lowest BCUT2D eigenvalue weighted by molar-refractivity contribution is -0.137. The maximum absolute atomic E-state index is 11.1. The molecular formula is C28H34N2O4. The number of ether oxygens (including phenoxy) is 1. The van der Waals surface area contributed by atoms with E-state index in [0.29, 0.717) is 18.9 Å². The molecule has 0 unspecified atom stereocenters. The summed E-state index contributed by atoms with van der Waals surface area (Å²) in [6, 6.07) is 12.4. The van der Waals surface area contributed by atoms with E-state index in [1.54, 1.807) is 0 Å². The number of aliphatic carboxylic acids is 1. The summed E-state index contributed by atoms with van der Waals surface area (Å²) in [4.78, 5) is 18.2. The summed E-state index contributed by atoms with van der Waals surface area (Å²) in [7, 11) is 0. The van der Waals surface area contributed by atoms with Crippen LogP contribution in [0.3, 0.4) is 0 Å². The van der Waals surface area contributed by atoms with Crippen molar-refractivity contribution >= 4 is 11.7 Å². The van der Waals surface area contributed by atoms with Gasteiger partial charge < -0.3 is 19.2 Å². The van der Waals surface area contributed by atoms with Crippen LogP contribution in [-0.4, -0.2) is 35.8 Å². The Morgan fingerprint density at radius 2 is 1.97 bits per heavy atom. The highest BCUT2D eigenvalue weighted by molar-refractivity contribution is 5.68. The van der Waals surface area contributed by atoms with Crippen molar-refractivity contribution in [3.8, 4) is 17.2 Å². The van der Waals surface area contributed by atoms with Crippen molar-refractivity contribution in [3.63, 3.8) is 0 Å². The number of benzene rings is 2. The molecule has 1 N–H and O–H groups in total.